The molecule has 16 heavy (non-hydrogen) atoms. The highest BCUT2D eigenvalue weighted by molar-refractivity contribution is 6.31. The lowest BCUT2D eigenvalue weighted by molar-refractivity contribution is 0.241. The van der Waals surface area contributed by atoms with Gasteiger partial charge >= 0.3 is 6.03 Å². The molecular weight excluding hydrogens is 230 g/mol. The molecule has 2 amide bonds. The van der Waals surface area contributed by atoms with Gasteiger partial charge in [0, 0.05) is 11.6 Å². The predicted molar refractivity (Wildman–Crippen MR) is 62.4 cm³/mol. The number of rotatable bonds is 4. The molecule has 0 unspecified atom stereocenters. The van der Waals surface area contributed by atoms with Crippen molar-refractivity contribution in [3.8, 4) is 5.75 Å². The number of hydrogen-bond acceptors (Lipinski definition) is 3. The number of nitrogens with one attached hydrogen (secondary N) is 2. The van der Waals surface area contributed by atoms with Gasteiger partial charge in [0.2, 0.25) is 0 Å². The van der Waals surface area contributed by atoms with Crippen LogP contribution in [0.25, 0.3) is 0 Å². The minimum atomic E-state index is -0.412. The molecule has 6 heteroatoms. The monoisotopic (exact) mass is 243 g/mol. The fraction of sp³-hybridized carbons (Fsp3) is 0.300. The number of nitrogens with two attached hydrogens (primary N) is 1. The molecule has 0 aromatic heterocycles. The van der Waals surface area contributed by atoms with Gasteiger partial charge in [0.25, 0.3) is 0 Å². The van der Waals surface area contributed by atoms with Gasteiger partial charge < -0.3 is 10.1 Å². The summed E-state index contributed by atoms with van der Waals surface area (Å²) in [4.78, 5) is 10.8. The SMILES string of the molecule is COc1ccc(CCNC(=O)NN)c(Cl)c1. The molecule has 0 aliphatic rings. The lowest BCUT2D eigenvalue weighted by Gasteiger charge is -2.07. The number of halogens is 1. The first-order valence-electron chi connectivity index (χ1n) is 4.74. The number of amides is 2. The van der Waals surface area contributed by atoms with Crippen LogP contribution in [-0.4, -0.2) is 19.7 Å². The number of urea groups is 1. The Labute approximate surface area is 98.9 Å². The van der Waals surface area contributed by atoms with Gasteiger partial charge in [-0.05, 0) is 24.1 Å². The van der Waals surface area contributed by atoms with Crippen molar-refractivity contribution in [3.63, 3.8) is 0 Å². The molecular formula is C10H14ClN3O2. The van der Waals surface area contributed by atoms with Crippen LogP contribution in [0.2, 0.25) is 5.02 Å². The van der Waals surface area contributed by atoms with Gasteiger partial charge in [-0.1, -0.05) is 17.7 Å². The van der Waals surface area contributed by atoms with E-state index in [4.69, 9.17) is 22.2 Å². The molecule has 0 spiro atoms. The van der Waals surface area contributed by atoms with Gasteiger partial charge in [0.15, 0.2) is 0 Å². The molecule has 0 bridgehead atoms. The van der Waals surface area contributed by atoms with E-state index in [0.29, 0.717) is 23.7 Å². The molecule has 5 nitrogen and oxygen atoms in total. The Bertz CT molecular complexity index is 371. The summed E-state index contributed by atoms with van der Waals surface area (Å²) in [6.07, 6.45) is 0.635. The van der Waals surface area contributed by atoms with Gasteiger partial charge in [0.1, 0.15) is 5.75 Å². The second kappa shape index (κ2) is 6.19. The Kier molecular flexibility index (Phi) is 4.88. The lowest BCUT2D eigenvalue weighted by atomic mass is 10.1. The highest BCUT2D eigenvalue weighted by Gasteiger charge is 2.03. The van der Waals surface area contributed by atoms with Crippen LogP contribution in [0.1, 0.15) is 5.56 Å². The zero-order valence-corrected chi connectivity index (χ0v) is 9.67. The molecule has 4 N–H and O–H groups in total. The van der Waals surface area contributed by atoms with Crippen LogP contribution < -0.4 is 21.3 Å². The molecule has 0 fully saturated rings. The van der Waals surface area contributed by atoms with E-state index in [0.717, 1.165) is 5.56 Å². The minimum absolute atomic E-state index is 0.412. The highest BCUT2D eigenvalue weighted by Crippen LogP contribution is 2.22. The summed E-state index contributed by atoms with van der Waals surface area (Å²) in [5.41, 5.74) is 2.93. The molecule has 1 rings (SSSR count). The summed E-state index contributed by atoms with van der Waals surface area (Å²) < 4.78 is 5.03. The summed E-state index contributed by atoms with van der Waals surface area (Å²) >= 11 is 6.02. The number of hydrogen-bond donors (Lipinski definition) is 3. The van der Waals surface area contributed by atoms with E-state index in [1.165, 1.54) is 0 Å². The Morgan fingerprint density at radius 3 is 2.88 bits per heavy atom. The zero-order valence-electron chi connectivity index (χ0n) is 8.92. The third-order valence-corrected chi connectivity index (χ3v) is 2.42. The van der Waals surface area contributed by atoms with E-state index in [9.17, 15) is 4.79 Å². The summed E-state index contributed by atoms with van der Waals surface area (Å²) in [5, 5.41) is 3.19. The maximum absolute atomic E-state index is 10.8. The Morgan fingerprint density at radius 1 is 1.56 bits per heavy atom. The van der Waals surface area contributed by atoms with Gasteiger partial charge in [-0.15, -0.1) is 0 Å². The summed E-state index contributed by atoms with van der Waals surface area (Å²) in [7, 11) is 1.58. The largest absolute Gasteiger partial charge is 0.497 e. The highest BCUT2D eigenvalue weighted by atomic mass is 35.5. The molecule has 0 aliphatic carbocycles. The van der Waals surface area contributed by atoms with Crippen molar-refractivity contribution in [1.29, 1.82) is 0 Å². The molecule has 0 atom stereocenters. The molecule has 0 saturated heterocycles. The van der Waals surface area contributed by atoms with E-state index in [1.54, 1.807) is 13.2 Å². The second-order valence-electron chi connectivity index (χ2n) is 3.11. The first-order valence-corrected chi connectivity index (χ1v) is 5.12. The Hall–Kier alpha value is -1.46. The summed E-state index contributed by atoms with van der Waals surface area (Å²) in [6, 6.07) is 5.01. The maximum atomic E-state index is 10.8. The van der Waals surface area contributed by atoms with Crippen molar-refractivity contribution < 1.29 is 9.53 Å². The topological polar surface area (TPSA) is 76.4 Å². The third-order valence-electron chi connectivity index (χ3n) is 2.07. The molecule has 0 heterocycles. The van der Waals surface area contributed by atoms with Gasteiger partial charge in [-0.2, -0.15) is 0 Å². The maximum Gasteiger partial charge on any atom is 0.328 e. The van der Waals surface area contributed by atoms with E-state index >= 15 is 0 Å². The van der Waals surface area contributed by atoms with Crippen LogP contribution in [0, 0.1) is 0 Å². The molecule has 0 aliphatic heterocycles. The number of carbonyl (C=O) groups excluding carboxylic acids is 1. The number of methoxy groups -OCH3 is 1. The first kappa shape index (κ1) is 12.6. The van der Waals surface area contributed by atoms with Crippen molar-refractivity contribution in [2.24, 2.45) is 5.84 Å². The molecule has 88 valence electrons. The standard InChI is InChI=1S/C10H14ClN3O2/c1-16-8-3-2-7(9(11)6-8)4-5-13-10(15)14-12/h2-3,6H,4-5,12H2,1H3,(H2,13,14,15). The van der Waals surface area contributed by atoms with E-state index in [-0.39, 0.29) is 0 Å². The molecule has 1 aromatic rings. The quantitative estimate of drug-likeness (QED) is 0.421. The normalized spacial score (nSPS) is 9.69. The lowest BCUT2D eigenvalue weighted by Crippen LogP contribution is -2.40. The van der Waals surface area contributed by atoms with E-state index < -0.39 is 6.03 Å². The first-order chi connectivity index (χ1) is 7.67. The molecule has 1 aromatic carbocycles. The average molecular weight is 244 g/mol. The van der Waals surface area contributed by atoms with Crippen molar-refractivity contribution in [3.05, 3.63) is 28.8 Å². The number of benzene rings is 1. The number of ether oxygens (including phenoxy) is 1. The van der Waals surface area contributed by atoms with Crippen molar-refractivity contribution >= 4 is 17.6 Å². The smallest absolute Gasteiger partial charge is 0.328 e. The van der Waals surface area contributed by atoms with Crippen molar-refractivity contribution in [1.82, 2.24) is 10.7 Å². The second-order valence-corrected chi connectivity index (χ2v) is 3.51. The number of hydrazine groups is 1. The summed E-state index contributed by atoms with van der Waals surface area (Å²) in [5.74, 6) is 5.62. The number of carbonyl (C=O) groups is 1. The Morgan fingerprint density at radius 2 is 2.31 bits per heavy atom. The fourth-order valence-electron chi connectivity index (χ4n) is 1.22. The third kappa shape index (κ3) is 3.60. The minimum Gasteiger partial charge on any atom is -0.497 e. The fourth-order valence-corrected chi connectivity index (χ4v) is 1.48. The van der Waals surface area contributed by atoms with Crippen LogP contribution in [0.15, 0.2) is 18.2 Å². The average Bonchev–Trinajstić information content (AvgIpc) is 2.30. The van der Waals surface area contributed by atoms with Gasteiger partial charge in [-0.3, -0.25) is 5.43 Å². The van der Waals surface area contributed by atoms with E-state index in [1.807, 2.05) is 17.6 Å². The predicted octanol–water partition coefficient (Wildman–Crippen LogP) is 1.06. The van der Waals surface area contributed by atoms with Gasteiger partial charge in [0.05, 0.1) is 7.11 Å². The Balaban J connectivity index is 2.51. The zero-order chi connectivity index (χ0) is 12.0. The van der Waals surface area contributed by atoms with Crippen LogP contribution >= 0.6 is 11.6 Å². The summed E-state index contributed by atoms with van der Waals surface area (Å²) in [6.45, 7) is 0.467. The molecule has 0 radical (unpaired) electrons. The van der Waals surface area contributed by atoms with Crippen LogP contribution in [0.3, 0.4) is 0 Å². The van der Waals surface area contributed by atoms with Gasteiger partial charge in [-0.25, -0.2) is 10.6 Å². The molecule has 0 saturated carbocycles. The van der Waals surface area contributed by atoms with E-state index in [2.05, 4.69) is 5.32 Å². The van der Waals surface area contributed by atoms with Crippen LogP contribution in [-0.2, 0) is 6.42 Å². The van der Waals surface area contributed by atoms with Crippen molar-refractivity contribution in [2.45, 2.75) is 6.42 Å². The van der Waals surface area contributed by atoms with Crippen LogP contribution in [0.5, 0.6) is 5.75 Å². The van der Waals surface area contributed by atoms with Crippen LogP contribution in [0.4, 0.5) is 4.79 Å². The van der Waals surface area contributed by atoms with Crippen molar-refractivity contribution in [2.75, 3.05) is 13.7 Å².